The van der Waals surface area contributed by atoms with Crippen LogP contribution in [0.15, 0.2) is 93.2 Å². The number of ether oxygens (including phenoxy) is 2. The minimum atomic E-state index is -0.851. The zero-order chi connectivity index (χ0) is 28.6. The van der Waals surface area contributed by atoms with Gasteiger partial charge in [-0.3, -0.25) is 9.59 Å². The van der Waals surface area contributed by atoms with Crippen molar-refractivity contribution in [3.63, 3.8) is 0 Å². The summed E-state index contributed by atoms with van der Waals surface area (Å²) in [6.07, 6.45) is 1.46. The molecule has 0 bridgehead atoms. The molecule has 0 aliphatic carbocycles. The van der Waals surface area contributed by atoms with E-state index in [4.69, 9.17) is 13.9 Å². The number of carbonyl (C=O) groups excluding carboxylic acids is 3. The number of allylic oxidation sites excluding steroid dienone is 2. The Kier molecular flexibility index (Phi) is 8.93. The summed E-state index contributed by atoms with van der Waals surface area (Å²) in [5.74, 6) is -1.29. The monoisotopic (exact) mass is 558 g/mol. The highest BCUT2D eigenvalue weighted by Gasteiger charge is 2.37. The van der Waals surface area contributed by atoms with Crippen LogP contribution < -0.4 is 20.7 Å². The average Bonchev–Trinajstić information content (AvgIpc) is 3.50. The van der Waals surface area contributed by atoms with Gasteiger partial charge in [0.15, 0.2) is 0 Å². The van der Waals surface area contributed by atoms with Crippen molar-refractivity contribution in [3.8, 4) is 11.8 Å². The summed E-state index contributed by atoms with van der Waals surface area (Å²) in [6.45, 7) is 1.70. The first-order chi connectivity index (χ1) is 19.4. The van der Waals surface area contributed by atoms with Crippen LogP contribution in [0.25, 0.3) is 0 Å². The summed E-state index contributed by atoms with van der Waals surface area (Å²) in [5, 5.41) is 19.3. The van der Waals surface area contributed by atoms with Crippen molar-refractivity contribution in [3.05, 3.63) is 100 Å². The number of amides is 2. The highest BCUT2D eigenvalue weighted by atomic mass is 32.2. The van der Waals surface area contributed by atoms with E-state index in [2.05, 4.69) is 22.0 Å². The smallest absolute Gasteiger partial charge is 0.339 e. The van der Waals surface area contributed by atoms with E-state index in [0.717, 1.165) is 11.8 Å². The van der Waals surface area contributed by atoms with Crippen molar-refractivity contribution in [1.82, 2.24) is 5.32 Å². The van der Waals surface area contributed by atoms with Crippen LogP contribution in [0.2, 0.25) is 0 Å². The Morgan fingerprint density at radius 2 is 1.88 bits per heavy atom. The Hall–Kier alpha value is -4.95. The minimum Gasteiger partial charge on any atom is -0.497 e. The van der Waals surface area contributed by atoms with Gasteiger partial charge in [0.25, 0.3) is 5.91 Å². The van der Waals surface area contributed by atoms with E-state index in [9.17, 15) is 19.6 Å². The maximum absolute atomic E-state index is 13.6. The zero-order valence-corrected chi connectivity index (χ0v) is 22.8. The number of rotatable bonds is 9. The van der Waals surface area contributed by atoms with Crippen LogP contribution in [0.5, 0.6) is 5.75 Å². The number of hydrogen-bond acceptors (Lipinski definition) is 9. The third kappa shape index (κ3) is 6.19. The number of nitrogens with zero attached hydrogens (tertiary/aromatic N) is 1. The largest absolute Gasteiger partial charge is 0.497 e. The van der Waals surface area contributed by atoms with Crippen LogP contribution in [0.1, 0.15) is 29.0 Å². The molecular formula is C29H26N4O6S. The molecule has 11 heteroatoms. The van der Waals surface area contributed by atoms with E-state index < -0.39 is 17.8 Å². The van der Waals surface area contributed by atoms with Crippen molar-refractivity contribution < 1.29 is 28.3 Å². The van der Waals surface area contributed by atoms with Crippen molar-refractivity contribution in [1.29, 1.82) is 5.26 Å². The predicted octanol–water partition coefficient (Wildman–Crippen LogP) is 4.78. The summed E-state index contributed by atoms with van der Waals surface area (Å²) in [4.78, 5) is 38.5. The van der Waals surface area contributed by atoms with E-state index >= 15 is 0 Å². The van der Waals surface area contributed by atoms with Gasteiger partial charge in [-0.25, -0.2) is 4.79 Å². The topological polar surface area (TPSA) is 143 Å². The van der Waals surface area contributed by atoms with Gasteiger partial charge in [-0.05, 0) is 43.3 Å². The number of benzene rings is 2. The number of para-hydroxylation sites is 1. The molecule has 1 aliphatic rings. The number of methoxy groups -OCH3 is 2. The second kappa shape index (κ2) is 12.7. The molecule has 0 radical (unpaired) electrons. The molecule has 1 aromatic heterocycles. The van der Waals surface area contributed by atoms with Gasteiger partial charge >= 0.3 is 5.97 Å². The van der Waals surface area contributed by atoms with Crippen molar-refractivity contribution >= 4 is 40.9 Å². The van der Waals surface area contributed by atoms with Gasteiger partial charge < -0.3 is 29.8 Å². The van der Waals surface area contributed by atoms with Crippen LogP contribution in [0, 0.1) is 11.3 Å². The lowest BCUT2D eigenvalue weighted by Crippen LogP contribution is -2.31. The van der Waals surface area contributed by atoms with E-state index in [1.54, 1.807) is 68.6 Å². The molecule has 0 spiro atoms. The van der Waals surface area contributed by atoms with Crippen LogP contribution in [-0.2, 0) is 14.3 Å². The molecule has 0 unspecified atom stereocenters. The summed E-state index contributed by atoms with van der Waals surface area (Å²) >= 11 is 1.13. The van der Waals surface area contributed by atoms with Crippen molar-refractivity contribution in [2.75, 3.05) is 30.6 Å². The van der Waals surface area contributed by atoms with Crippen LogP contribution >= 0.6 is 11.8 Å². The van der Waals surface area contributed by atoms with Crippen LogP contribution in [-0.4, -0.2) is 37.8 Å². The van der Waals surface area contributed by atoms with E-state index in [1.165, 1.54) is 19.4 Å². The van der Waals surface area contributed by atoms with Gasteiger partial charge in [0.05, 0.1) is 65.6 Å². The Labute approximate surface area is 235 Å². The van der Waals surface area contributed by atoms with Gasteiger partial charge in [0.1, 0.15) is 11.5 Å². The standard InChI is InChI=1S/C29H26N4O6S/c1-17-25(27(35)33-22-11-5-4-10-20(22)29(36)38-3)26(23-12-7-13-39-23)21(15-30)28(31-17)40-16-24(34)32-18-8-6-9-19(14-18)37-2/h4-14,26,31H,16H2,1-3H3,(H,32,34)(H,33,35)/t26-/m1/s1. The van der Waals surface area contributed by atoms with Gasteiger partial charge in [0, 0.05) is 17.5 Å². The molecule has 1 aliphatic heterocycles. The maximum Gasteiger partial charge on any atom is 0.339 e. The molecule has 0 saturated heterocycles. The maximum atomic E-state index is 13.6. The molecule has 3 N–H and O–H groups in total. The summed E-state index contributed by atoms with van der Waals surface area (Å²) in [6, 6.07) is 19.0. The fraction of sp³-hybridized carbons (Fsp3) is 0.172. The highest BCUT2D eigenvalue weighted by molar-refractivity contribution is 8.03. The molecule has 1 atom stereocenters. The molecular weight excluding hydrogens is 532 g/mol. The van der Waals surface area contributed by atoms with E-state index in [-0.39, 0.29) is 34.1 Å². The Balaban J connectivity index is 1.59. The number of anilines is 2. The fourth-order valence-corrected chi connectivity index (χ4v) is 5.06. The normalized spacial score (nSPS) is 14.6. The SMILES string of the molecule is COC(=O)c1ccccc1NC(=O)C1=C(C)NC(SCC(=O)Nc2cccc(OC)c2)=C(C#N)[C@@H]1c1ccco1. The van der Waals surface area contributed by atoms with E-state index in [0.29, 0.717) is 27.9 Å². The number of nitriles is 1. The Bertz CT molecular complexity index is 1540. The van der Waals surface area contributed by atoms with Gasteiger partial charge in [0.2, 0.25) is 5.91 Å². The van der Waals surface area contributed by atoms with Crippen molar-refractivity contribution in [2.45, 2.75) is 12.8 Å². The molecule has 4 rings (SSSR count). The zero-order valence-electron chi connectivity index (χ0n) is 21.9. The lowest BCUT2D eigenvalue weighted by atomic mass is 9.85. The quantitative estimate of drug-likeness (QED) is 0.316. The van der Waals surface area contributed by atoms with E-state index in [1.807, 2.05) is 0 Å². The number of esters is 1. The number of nitrogens with one attached hydrogen (secondary N) is 3. The first-order valence-corrected chi connectivity index (χ1v) is 13.1. The number of carbonyl (C=O) groups is 3. The molecule has 0 fully saturated rings. The molecule has 2 amide bonds. The Morgan fingerprint density at radius 1 is 1.07 bits per heavy atom. The lowest BCUT2D eigenvalue weighted by molar-refractivity contribution is -0.114. The summed E-state index contributed by atoms with van der Waals surface area (Å²) in [7, 11) is 2.80. The molecule has 3 aromatic rings. The summed E-state index contributed by atoms with van der Waals surface area (Å²) in [5.41, 5.74) is 1.93. The molecule has 10 nitrogen and oxygen atoms in total. The number of dihydropyridines is 1. The van der Waals surface area contributed by atoms with Crippen LogP contribution in [0.3, 0.4) is 0 Å². The fourth-order valence-electron chi connectivity index (χ4n) is 4.17. The predicted molar refractivity (Wildman–Crippen MR) is 150 cm³/mol. The molecule has 40 heavy (non-hydrogen) atoms. The average molecular weight is 559 g/mol. The molecule has 2 heterocycles. The van der Waals surface area contributed by atoms with Gasteiger partial charge in [-0.1, -0.05) is 30.0 Å². The van der Waals surface area contributed by atoms with Gasteiger partial charge in [-0.15, -0.1) is 0 Å². The third-order valence-corrected chi connectivity index (χ3v) is 7.02. The molecule has 0 saturated carbocycles. The first-order valence-electron chi connectivity index (χ1n) is 12.1. The summed E-state index contributed by atoms with van der Waals surface area (Å²) < 4.78 is 15.7. The number of hydrogen-bond donors (Lipinski definition) is 3. The second-order valence-corrected chi connectivity index (χ2v) is 9.51. The lowest BCUT2D eigenvalue weighted by Gasteiger charge is -2.28. The second-order valence-electron chi connectivity index (χ2n) is 8.53. The number of furan rings is 1. The van der Waals surface area contributed by atoms with Crippen molar-refractivity contribution in [2.24, 2.45) is 0 Å². The Morgan fingerprint density at radius 3 is 2.58 bits per heavy atom. The first kappa shape index (κ1) is 28.1. The highest BCUT2D eigenvalue weighted by Crippen LogP contribution is 2.41. The van der Waals surface area contributed by atoms with Gasteiger partial charge in [-0.2, -0.15) is 5.26 Å². The molecule has 2 aromatic carbocycles. The number of thioether (sulfide) groups is 1. The molecule has 204 valence electrons. The minimum absolute atomic E-state index is 0.00306. The third-order valence-electron chi connectivity index (χ3n) is 6.00. The van der Waals surface area contributed by atoms with Crippen LogP contribution in [0.4, 0.5) is 11.4 Å².